The number of nitrogen functional groups attached to an aromatic ring is 3. The van der Waals surface area contributed by atoms with E-state index in [0.717, 1.165) is 146 Å². The molecule has 6 unspecified atom stereocenters. The molecule has 12 fully saturated rings. The van der Waals surface area contributed by atoms with Crippen LogP contribution in [-0.2, 0) is 14.2 Å². The lowest BCUT2D eigenvalue weighted by Gasteiger charge is -2.33. The van der Waals surface area contributed by atoms with Crippen molar-refractivity contribution in [2.24, 2.45) is 35.5 Å². The van der Waals surface area contributed by atoms with Gasteiger partial charge in [0, 0.05) is 122 Å². The van der Waals surface area contributed by atoms with Gasteiger partial charge in [-0.1, -0.05) is 12.8 Å². The Hall–Kier alpha value is -6.78. The maximum atomic E-state index is 12.8. The van der Waals surface area contributed by atoms with Crippen LogP contribution in [0.25, 0.3) is 33.8 Å². The van der Waals surface area contributed by atoms with Crippen LogP contribution in [0.15, 0.2) is 55.0 Å². The molecule has 18 rings (SSSR count). The zero-order valence-electron chi connectivity index (χ0n) is 54.7. The SMILES string of the molecule is Nc1ncc(-c2cc(C3[C@H]4CC(N5CCOCC5)C[C@@H]34)n(C3CCC3)n2)cc1OC(F)F.Nc1ncc(-c2cc(C3[C@H]4CC(N5CCOCC5)C[C@@H]34)n(C3CCCC3)n2)cc1OC(F)F.Nc1ncc(-c2cc(C3[C@H]4CC(N5CCOCC5)C[C@@H]34)nn2C2CCC2)cc1OC(F)F. The molecule has 12 aliphatic rings. The lowest BCUT2D eigenvalue weighted by Crippen LogP contribution is -2.43. The smallest absolute Gasteiger partial charge is 0.387 e. The molecule has 12 atom stereocenters. The van der Waals surface area contributed by atoms with Crippen LogP contribution in [0.3, 0.4) is 0 Å². The number of ether oxygens (including phenoxy) is 6. The first-order chi connectivity index (χ1) is 47.2. The Morgan fingerprint density at radius 2 is 0.711 bits per heavy atom. The van der Waals surface area contributed by atoms with E-state index >= 15 is 0 Å². The molecule has 0 spiro atoms. The lowest BCUT2D eigenvalue weighted by atomic mass is 9.92. The van der Waals surface area contributed by atoms with Crippen molar-refractivity contribution in [3.05, 3.63) is 72.1 Å². The molecular weight excluding hydrogens is 1260 g/mol. The molecule has 522 valence electrons. The van der Waals surface area contributed by atoms with Crippen molar-refractivity contribution < 1.29 is 54.8 Å². The standard InChI is InChI=1S/C24H31F2N5O2.2C23H29F2N5O2/c25-24(26)33-21-9-14(13-28-23(21)27)19-12-20(31(29-19)15-3-1-2-4-15)22-17-10-16(11-18(17)22)30-5-7-32-8-6-30;24-23(25)32-20-8-13(12-27-22(20)26)19-11-18(28-30(19)14-2-1-3-14)21-16-9-15(10-17(16)21)29-4-6-31-7-5-29;24-23(25)32-20-8-13(12-27-22(20)26)18-11-19(30(28-18)14-2-1-3-14)21-16-9-15(10-17(16)21)29-4-6-31-7-5-29/h9,12-13,15-18,22,24H,1-8,10-11H2,(H2,27,28);2*8,11-12,14-17,21,23H,1-7,9-10H2,(H2,26,27)/t16?,17-,18+,22?;2*15?,16-,17+,21?. The number of fused-ring (bicyclic) bond motifs is 3. The van der Waals surface area contributed by atoms with Gasteiger partial charge in [0.05, 0.1) is 80.5 Å². The summed E-state index contributed by atoms with van der Waals surface area (Å²) in [6.45, 7) is 2.53. The normalized spacial score (nSPS) is 30.3. The summed E-state index contributed by atoms with van der Waals surface area (Å²) in [5.41, 5.74) is 25.4. The Labute approximate surface area is 560 Å². The second-order valence-electron chi connectivity index (χ2n) is 29.1. The third-order valence-electron chi connectivity index (χ3n) is 23.9. The molecule has 27 heteroatoms. The highest BCUT2D eigenvalue weighted by molar-refractivity contribution is 5.67. The number of hydrogen-bond acceptors (Lipinski definition) is 18. The highest BCUT2D eigenvalue weighted by Gasteiger charge is 2.61. The first kappa shape index (κ1) is 64.9. The minimum absolute atomic E-state index is 0.0325. The van der Waals surface area contributed by atoms with Gasteiger partial charge in [0.15, 0.2) is 34.7 Å². The summed E-state index contributed by atoms with van der Waals surface area (Å²) in [6, 6.07) is 14.3. The van der Waals surface area contributed by atoms with Crippen LogP contribution in [0.5, 0.6) is 17.2 Å². The molecule has 21 nitrogen and oxygen atoms in total. The van der Waals surface area contributed by atoms with E-state index in [4.69, 9.17) is 46.7 Å². The minimum atomic E-state index is -2.94. The second-order valence-corrected chi connectivity index (χ2v) is 29.1. The second kappa shape index (κ2) is 27.4. The number of anilines is 3. The predicted molar refractivity (Wildman–Crippen MR) is 348 cm³/mol. The molecule has 0 bridgehead atoms. The average Bonchev–Trinajstić information content (AvgIpc) is 1.57. The molecule has 0 amide bonds. The summed E-state index contributed by atoms with van der Waals surface area (Å²) in [6.07, 6.45) is 23.9. The topological polar surface area (TPSA) is 235 Å². The molecule has 6 aromatic heterocycles. The number of halogens is 6. The summed E-state index contributed by atoms with van der Waals surface area (Å²) >= 11 is 0. The summed E-state index contributed by atoms with van der Waals surface area (Å²) in [5.74, 6) is 5.44. The lowest BCUT2D eigenvalue weighted by molar-refractivity contribution is -0.0501. The van der Waals surface area contributed by atoms with Crippen LogP contribution >= 0.6 is 0 Å². The van der Waals surface area contributed by atoms with E-state index in [0.29, 0.717) is 101 Å². The molecule has 0 aromatic carbocycles. The van der Waals surface area contributed by atoms with Gasteiger partial charge in [-0.2, -0.15) is 41.6 Å². The first-order valence-corrected chi connectivity index (χ1v) is 35.6. The zero-order chi connectivity index (χ0) is 66.2. The largest absolute Gasteiger partial charge is 0.431 e. The molecule has 9 heterocycles. The highest BCUT2D eigenvalue weighted by Crippen LogP contribution is 2.67. The Balaban J connectivity index is 0.000000114. The molecule has 6 N–H and O–H groups in total. The number of hydrogen-bond donors (Lipinski definition) is 3. The van der Waals surface area contributed by atoms with E-state index in [9.17, 15) is 26.3 Å². The van der Waals surface area contributed by atoms with E-state index in [2.05, 4.69) is 76.1 Å². The Bertz CT molecular complexity index is 3700. The Kier molecular flexibility index (Phi) is 18.3. The van der Waals surface area contributed by atoms with Crippen molar-refractivity contribution >= 4 is 17.5 Å². The molecule has 3 aliphatic heterocycles. The Morgan fingerprint density at radius 1 is 0.381 bits per heavy atom. The van der Waals surface area contributed by atoms with Crippen molar-refractivity contribution in [3.63, 3.8) is 0 Å². The van der Waals surface area contributed by atoms with Crippen LogP contribution in [-0.4, -0.2) is 176 Å². The van der Waals surface area contributed by atoms with Crippen molar-refractivity contribution in [3.8, 4) is 51.0 Å². The van der Waals surface area contributed by atoms with Crippen LogP contribution < -0.4 is 31.4 Å². The molecule has 3 saturated heterocycles. The maximum absolute atomic E-state index is 12.8. The zero-order valence-corrected chi connectivity index (χ0v) is 54.7. The Morgan fingerprint density at radius 3 is 1.06 bits per heavy atom. The summed E-state index contributed by atoms with van der Waals surface area (Å²) < 4.78 is 113. The number of rotatable bonds is 18. The molecule has 0 radical (unpaired) electrons. The van der Waals surface area contributed by atoms with Gasteiger partial charge in [-0.25, -0.2) is 15.0 Å². The van der Waals surface area contributed by atoms with Gasteiger partial charge in [0.2, 0.25) is 0 Å². The van der Waals surface area contributed by atoms with E-state index in [1.807, 2.05) is 0 Å². The van der Waals surface area contributed by atoms with Crippen molar-refractivity contribution in [1.82, 2.24) is 59.0 Å². The van der Waals surface area contributed by atoms with Gasteiger partial charge in [-0.3, -0.25) is 28.7 Å². The van der Waals surface area contributed by atoms with Crippen molar-refractivity contribution in [1.29, 1.82) is 0 Å². The first-order valence-electron chi connectivity index (χ1n) is 35.6. The van der Waals surface area contributed by atoms with Crippen molar-refractivity contribution in [2.75, 3.05) is 96.1 Å². The summed E-state index contributed by atoms with van der Waals surface area (Å²) in [5, 5.41) is 14.9. The quantitative estimate of drug-likeness (QED) is 0.0678. The number of alkyl halides is 6. The highest BCUT2D eigenvalue weighted by atomic mass is 19.3. The fraction of sp³-hybridized carbons (Fsp3) is 0.657. The number of nitrogens with zero attached hydrogens (tertiary/aromatic N) is 12. The number of nitrogens with two attached hydrogens (primary N) is 3. The average molecular weight is 1350 g/mol. The van der Waals surface area contributed by atoms with Gasteiger partial charge < -0.3 is 45.6 Å². The van der Waals surface area contributed by atoms with E-state index < -0.39 is 19.8 Å². The summed E-state index contributed by atoms with van der Waals surface area (Å²) in [7, 11) is 0. The third kappa shape index (κ3) is 13.4. The van der Waals surface area contributed by atoms with Gasteiger partial charge in [0.25, 0.3) is 0 Å². The number of pyridine rings is 3. The van der Waals surface area contributed by atoms with Crippen molar-refractivity contribution in [2.45, 2.75) is 177 Å². The fourth-order valence-corrected chi connectivity index (χ4v) is 18.5. The molecule has 9 saturated carbocycles. The predicted octanol–water partition coefficient (Wildman–Crippen LogP) is 11.4. The molecule has 9 aliphatic carbocycles. The van der Waals surface area contributed by atoms with Gasteiger partial charge in [0.1, 0.15) is 0 Å². The molecular formula is C70H89F6N15O6. The number of aromatic nitrogens is 9. The van der Waals surface area contributed by atoms with Gasteiger partial charge >= 0.3 is 19.8 Å². The molecule has 6 aromatic rings. The van der Waals surface area contributed by atoms with Crippen LogP contribution in [0.2, 0.25) is 0 Å². The van der Waals surface area contributed by atoms with E-state index in [1.54, 1.807) is 24.7 Å². The van der Waals surface area contributed by atoms with E-state index in [1.165, 1.54) is 87.7 Å². The van der Waals surface area contributed by atoms with E-state index in [-0.39, 0.29) is 34.7 Å². The van der Waals surface area contributed by atoms with Gasteiger partial charge in [-0.15, -0.1) is 0 Å². The maximum Gasteiger partial charge on any atom is 0.387 e. The molecule has 97 heavy (non-hydrogen) atoms. The third-order valence-corrected chi connectivity index (χ3v) is 23.9. The number of morpholine rings is 3. The van der Waals surface area contributed by atoms with Crippen LogP contribution in [0.4, 0.5) is 43.8 Å². The summed E-state index contributed by atoms with van der Waals surface area (Å²) in [4.78, 5) is 20.0. The van der Waals surface area contributed by atoms with Crippen LogP contribution in [0, 0.1) is 35.5 Å². The minimum Gasteiger partial charge on any atom is -0.431 e. The van der Waals surface area contributed by atoms with Gasteiger partial charge in [-0.05, 0) is 162 Å². The monoisotopic (exact) mass is 1350 g/mol. The van der Waals surface area contributed by atoms with Crippen LogP contribution in [0.1, 0.15) is 156 Å². The fourth-order valence-electron chi connectivity index (χ4n) is 18.5.